The summed E-state index contributed by atoms with van der Waals surface area (Å²) in [6.45, 7) is 0. The average Bonchev–Trinajstić information content (AvgIpc) is 1.27. The van der Waals surface area contributed by atoms with E-state index in [2.05, 4.69) is 10.7 Å². The highest BCUT2D eigenvalue weighted by atomic mass is 35.7. The van der Waals surface area contributed by atoms with Crippen LogP contribution in [0.1, 0.15) is 0 Å². The summed E-state index contributed by atoms with van der Waals surface area (Å²) in [5.74, 6) is 0. The van der Waals surface area contributed by atoms with Crippen LogP contribution in [0.5, 0.6) is 0 Å². The topological polar surface area (TPSA) is 66.4 Å². The van der Waals surface area contributed by atoms with Gasteiger partial charge in [-0.1, -0.05) is 0 Å². The highest BCUT2D eigenvalue weighted by Gasteiger charge is 1.94. The van der Waals surface area contributed by atoms with E-state index in [0.29, 0.717) is 0 Å². The first kappa shape index (κ1) is 6.71. The highest BCUT2D eigenvalue weighted by Crippen LogP contribution is 1.77. The number of hydrogen-bond donors (Lipinski definition) is 2. The van der Waals surface area contributed by atoms with Gasteiger partial charge in [-0.2, -0.15) is 0 Å². The molecule has 4 nitrogen and oxygen atoms in total. The fraction of sp³-hybridized carbons (Fsp3) is 0. The lowest BCUT2D eigenvalue weighted by atomic mass is 11.3. The van der Waals surface area contributed by atoms with Gasteiger partial charge >= 0.3 is 6.09 Å². The minimum absolute atomic E-state index is 1.40. The Morgan fingerprint density at radius 2 is 2.29 bits per heavy atom. The zero-order valence-electron chi connectivity index (χ0n) is 3.05. The molecule has 0 saturated carbocycles. The van der Waals surface area contributed by atoms with E-state index < -0.39 is 16.3 Å². The Morgan fingerprint density at radius 1 is 1.86 bits per heavy atom. The van der Waals surface area contributed by atoms with E-state index in [0.717, 1.165) is 0 Å². The van der Waals surface area contributed by atoms with Crippen molar-refractivity contribution in [2.45, 2.75) is 0 Å². The monoisotopic (exact) mass is 143 g/mol. The van der Waals surface area contributed by atoms with Crippen LogP contribution in [0.25, 0.3) is 0 Å². The summed E-state index contributed by atoms with van der Waals surface area (Å²) < 4.78 is 11.1. The zero-order valence-corrected chi connectivity index (χ0v) is 4.62. The van der Waals surface area contributed by atoms with Crippen molar-refractivity contribution in [3.8, 4) is 0 Å². The summed E-state index contributed by atoms with van der Waals surface area (Å²) in [6.07, 6.45) is -1.40. The quantitative estimate of drug-likeness (QED) is 0.511. The number of amides is 1. The Morgan fingerprint density at radius 3 is 2.29 bits per heavy atom. The SMILES string of the molecule is O=C(O)NS(=O)Cl. The number of carbonyl (C=O) groups is 1. The highest BCUT2D eigenvalue weighted by molar-refractivity contribution is 8.07. The maximum Gasteiger partial charge on any atom is 0.417 e. The number of rotatable bonds is 1. The minimum atomic E-state index is -1.97. The van der Waals surface area contributed by atoms with Gasteiger partial charge in [0.2, 0.25) is 10.2 Å². The molecular weight excluding hydrogens is 142 g/mol. The molecule has 1 amide bonds. The molecule has 0 heterocycles. The van der Waals surface area contributed by atoms with E-state index in [-0.39, 0.29) is 0 Å². The molecule has 6 heteroatoms. The van der Waals surface area contributed by atoms with Crippen molar-refractivity contribution < 1.29 is 14.1 Å². The van der Waals surface area contributed by atoms with E-state index in [4.69, 9.17) is 5.11 Å². The molecule has 0 aliphatic heterocycles. The van der Waals surface area contributed by atoms with Gasteiger partial charge in [-0.05, 0) is 0 Å². The first-order chi connectivity index (χ1) is 3.13. The molecule has 0 aromatic rings. The summed E-state index contributed by atoms with van der Waals surface area (Å²) >= 11 is 0. The van der Waals surface area contributed by atoms with Gasteiger partial charge in [0.1, 0.15) is 0 Å². The van der Waals surface area contributed by atoms with Crippen molar-refractivity contribution in [1.29, 1.82) is 0 Å². The van der Waals surface area contributed by atoms with Crippen molar-refractivity contribution in [3.05, 3.63) is 0 Å². The van der Waals surface area contributed by atoms with Crippen LogP contribution in [0.3, 0.4) is 0 Å². The summed E-state index contributed by atoms with van der Waals surface area (Å²) in [5.41, 5.74) is 0. The number of nitrogens with one attached hydrogen (secondary N) is 1. The van der Waals surface area contributed by atoms with Crippen LogP contribution in [-0.4, -0.2) is 15.4 Å². The molecule has 0 aliphatic carbocycles. The molecular formula is CH2ClNO3S. The molecule has 0 aliphatic rings. The van der Waals surface area contributed by atoms with E-state index in [1.165, 1.54) is 4.72 Å². The van der Waals surface area contributed by atoms with Crippen molar-refractivity contribution in [3.63, 3.8) is 0 Å². The van der Waals surface area contributed by atoms with Gasteiger partial charge in [0.05, 0.1) is 0 Å². The number of hydrogen-bond acceptors (Lipinski definition) is 2. The summed E-state index contributed by atoms with van der Waals surface area (Å²) in [5, 5.41) is 7.70. The summed E-state index contributed by atoms with van der Waals surface area (Å²) in [7, 11) is 2.68. The molecule has 0 bridgehead atoms. The molecule has 1 atom stereocenters. The van der Waals surface area contributed by atoms with Crippen LogP contribution in [0, 0.1) is 0 Å². The second-order valence-electron chi connectivity index (χ2n) is 0.631. The first-order valence-electron chi connectivity index (χ1n) is 1.20. The van der Waals surface area contributed by atoms with Gasteiger partial charge in [-0.25, -0.2) is 13.7 Å². The number of halogens is 1. The van der Waals surface area contributed by atoms with Crippen LogP contribution >= 0.6 is 10.7 Å². The lowest BCUT2D eigenvalue weighted by Crippen LogP contribution is -2.19. The zero-order chi connectivity index (χ0) is 5.86. The van der Waals surface area contributed by atoms with E-state index in [9.17, 15) is 9.00 Å². The Bertz CT molecular complexity index is 91.1. The maximum absolute atomic E-state index is 9.64. The fourth-order valence-electron chi connectivity index (χ4n) is 0.0686. The maximum atomic E-state index is 9.64. The van der Waals surface area contributed by atoms with Crippen molar-refractivity contribution in [1.82, 2.24) is 4.72 Å². The van der Waals surface area contributed by atoms with Crippen LogP contribution in [0.4, 0.5) is 4.79 Å². The molecule has 0 fully saturated rings. The molecule has 2 N–H and O–H groups in total. The molecule has 0 radical (unpaired) electrons. The number of carboxylic acid groups (broad SMARTS) is 1. The van der Waals surface area contributed by atoms with E-state index >= 15 is 0 Å². The van der Waals surface area contributed by atoms with Crippen LogP contribution in [0.2, 0.25) is 0 Å². The molecule has 7 heavy (non-hydrogen) atoms. The molecule has 0 rings (SSSR count). The summed E-state index contributed by atoms with van der Waals surface area (Å²) in [6, 6.07) is 0. The minimum Gasteiger partial charge on any atom is -0.464 e. The van der Waals surface area contributed by atoms with Crippen LogP contribution in [0.15, 0.2) is 0 Å². The predicted octanol–water partition coefficient (Wildman–Crippen LogP) is 0.0715. The second kappa shape index (κ2) is 2.81. The Labute approximate surface area is 46.6 Å². The van der Waals surface area contributed by atoms with E-state index in [1.807, 2.05) is 0 Å². The van der Waals surface area contributed by atoms with Crippen molar-refractivity contribution >= 4 is 27.0 Å². The van der Waals surface area contributed by atoms with Gasteiger partial charge in [-0.3, -0.25) is 0 Å². The molecule has 0 spiro atoms. The van der Waals surface area contributed by atoms with Crippen LogP contribution < -0.4 is 4.72 Å². The van der Waals surface area contributed by atoms with Gasteiger partial charge in [-0.15, -0.1) is 0 Å². The molecule has 1 unspecified atom stereocenters. The lowest BCUT2D eigenvalue weighted by molar-refractivity contribution is 0.201. The smallest absolute Gasteiger partial charge is 0.417 e. The standard InChI is InChI=1S/CH2ClNO3S/c2-7(6)3-1(4)5/h3H,(H,4,5). The molecule has 0 saturated heterocycles. The van der Waals surface area contributed by atoms with E-state index in [1.54, 1.807) is 0 Å². The van der Waals surface area contributed by atoms with Crippen molar-refractivity contribution in [2.24, 2.45) is 0 Å². The lowest BCUT2D eigenvalue weighted by Gasteiger charge is -1.85. The molecule has 0 aromatic carbocycles. The predicted molar refractivity (Wildman–Crippen MR) is 25.2 cm³/mol. The fourth-order valence-corrected chi connectivity index (χ4v) is 0.404. The third-order valence-electron chi connectivity index (χ3n) is 0.168. The third kappa shape index (κ3) is 5.71. The summed E-state index contributed by atoms with van der Waals surface area (Å²) in [4.78, 5) is 9.42. The average molecular weight is 144 g/mol. The Hall–Kier alpha value is -0.290. The second-order valence-corrected chi connectivity index (χ2v) is 2.12. The van der Waals surface area contributed by atoms with Gasteiger partial charge in [0, 0.05) is 10.7 Å². The molecule has 0 aromatic heterocycles. The Balaban J connectivity index is 3.32. The molecule has 42 valence electrons. The normalized spacial score (nSPS) is 12.7. The van der Waals surface area contributed by atoms with Gasteiger partial charge in [0.15, 0.2) is 0 Å². The first-order valence-corrected chi connectivity index (χ1v) is 3.18. The largest absolute Gasteiger partial charge is 0.464 e. The van der Waals surface area contributed by atoms with Gasteiger partial charge < -0.3 is 5.11 Å². The Kier molecular flexibility index (Phi) is 2.70. The van der Waals surface area contributed by atoms with Gasteiger partial charge in [0.25, 0.3) is 0 Å². The van der Waals surface area contributed by atoms with Crippen molar-refractivity contribution in [2.75, 3.05) is 0 Å². The van der Waals surface area contributed by atoms with Crippen LogP contribution in [-0.2, 0) is 10.2 Å². The third-order valence-corrected chi connectivity index (χ3v) is 0.734.